The number of halogens is 2. The minimum absolute atomic E-state index is 0.00455. The van der Waals surface area contributed by atoms with Gasteiger partial charge in [-0.2, -0.15) is 0 Å². The number of nitrogens with one attached hydrogen (secondary N) is 2. The number of fused-ring (bicyclic) bond motifs is 2. The van der Waals surface area contributed by atoms with E-state index in [0.717, 1.165) is 83.5 Å². The topological polar surface area (TPSA) is 76.9 Å². The summed E-state index contributed by atoms with van der Waals surface area (Å²) in [6, 6.07) is 16.3. The van der Waals surface area contributed by atoms with Crippen molar-refractivity contribution in [3.8, 4) is 33.4 Å². The lowest BCUT2D eigenvalue weighted by atomic mass is 9.97. The molecule has 2 unspecified atom stereocenters. The molecule has 48 heavy (non-hydrogen) atoms. The molecule has 2 saturated heterocycles. The van der Waals surface area contributed by atoms with Crippen LogP contribution >= 0.6 is 23.2 Å². The highest BCUT2D eigenvalue weighted by atomic mass is 35.5. The van der Waals surface area contributed by atoms with Crippen molar-refractivity contribution in [1.29, 1.82) is 0 Å². The summed E-state index contributed by atoms with van der Waals surface area (Å²) in [5.74, 6) is 0. The third-order valence-corrected chi connectivity index (χ3v) is 11.0. The molecule has 4 aromatic heterocycles. The molecule has 2 aliphatic heterocycles. The van der Waals surface area contributed by atoms with Gasteiger partial charge in [-0.25, -0.2) is 0 Å². The zero-order valence-electron chi connectivity index (χ0n) is 27.1. The molecule has 0 spiro atoms. The number of rotatable bonds is 7. The van der Waals surface area contributed by atoms with Gasteiger partial charge >= 0.3 is 0 Å². The van der Waals surface area contributed by atoms with Crippen LogP contribution in [0.1, 0.15) is 37.1 Å². The fraction of sp³-hybridized carbons (Fsp3) is 0.316. The van der Waals surface area contributed by atoms with Crippen LogP contribution in [0.2, 0.25) is 10.0 Å². The Labute approximate surface area is 288 Å². The van der Waals surface area contributed by atoms with Crippen LogP contribution in [0.4, 0.5) is 0 Å². The molecule has 2 fully saturated rings. The second-order valence-electron chi connectivity index (χ2n) is 13.3. The highest BCUT2D eigenvalue weighted by molar-refractivity contribution is 6.39. The molecular formula is C38H38Cl2N6O2. The standard InChI is InChI=1S/C38H38Cl2N6O2/c1-23-17-43-19-25(15-33(43)37(47)45(23)21-27-7-5-13-41-27)29-9-3-11-31(35(29)39)32-12-4-10-30(36(32)40)26-16-34-38(48)46(22-28-8-6-14-42-28)24(2)18-44(34)20-26/h3-4,9-12,15-20,27-28,41-42H,5-8,13-14,21-22H2,1-2H3. The zero-order valence-corrected chi connectivity index (χ0v) is 28.6. The molecule has 2 aliphatic rings. The lowest BCUT2D eigenvalue weighted by molar-refractivity contribution is 0.491. The molecule has 0 bridgehead atoms. The van der Waals surface area contributed by atoms with E-state index in [0.29, 0.717) is 46.3 Å². The molecule has 246 valence electrons. The third-order valence-electron chi connectivity index (χ3n) is 10.2. The third kappa shape index (κ3) is 5.41. The average Bonchev–Trinajstić information content (AvgIpc) is 3.90. The summed E-state index contributed by atoms with van der Waals surface area (Å²) in [6.07, 6.45) is 12.4. The molecule has 2 aromatic carbocycles. The molecule has 2 atom stereocenters. The van der Waals surface area contributed by atoms with Crippen LogP contribution in [0.25, 0.3) is 44.4 Å². The quantitative estimate of drug-likeness (QED) is 0.192. The number of aryl methyl sites for hydroxylation is 2. The van der Waals surface area contributed by atoms with E-state index in [-0.39, 0.29) is 11.1 Å². The van der Waals surface area contributed by atoms with Gasteiger partial charge in [-0.1, -0.05) is 59.6 Å². The predicted octanol–water partition coefficient (Wildman–Crippen LogP) is 6.94. The first-order valence-electron chi connectivity index (χ1n) is 16.8. The Morgan fingerprint density at radius 1 is 0.646 bits per heavy atom. The van der Waals surface area contributed by atoms with Gasteiger partial charge in [-0.15, -0.1) is 0 Å². The smallest absolute Gasteiger partial charge is 0.275 e. The van der Waals surface area contributed by atoms with E-state index in [2.05, 4.69) is 10.6 Å². The highest BCUT2D eigenvalue weighted by Gasteiger charge is 2.21. The van der Waals surface area contributed by atoms with Gasteiger partial charge in [0, 0.05) is 94.7 Å². The number of benzene rings is 2. The van der Waals surface area contributed by atoms with Gasteiger partial charge < -0.3 is 28.6 Å². The monoisotopic (exact) mass is 680 g/mol. The van der Waals surface area contributed by atoms with E-state index >= 15 is 0 Å². The van der Waals surface area contributed by atoms with E-state index in [1.165, 1.54) is 0 Å². The minimum atomic E-state index is -0.00455. The Balaban J connectivity index is 1.16. The Hall–Kier alpha value is -4.08. The Bertz CT molecular complexity index is 2150. The summed E-state index contributed by atoms with van der Waals surface area (Å²) in [7, 11) is 0. The van der Waals surface area contributed by atoms with Crippen molar-refractivity contribution < 1.29 is 0 Å². The zero-order chi connectivity index (χ0) is 33.1. The molecule has 0 saturated carbocycles. The summed E-state index contributed by atoms with van der Waals surface area (Å²) in [5.41, 5.74) is 8.02. The molecule has 8 rings (SSSR count). The number of hydrogen-bond donors (Lipinski definition) is 2. The Morgan fingerprint density at radius 3 is 1.46 bits per heavy atom. The lowest BCUT2D eigenvalue weighted by Crippen LogP contribution is -2.33. The van der Waals surface area contributed by atoms with Gasteiger partial charge in [-0.3, -0.25) is 9.59 Å². The molecular weight excluding hydrogens is 643 g/mol. The number of hydrogen-bond acceptors (Lipinski definition) is 4. The van der Waals surface area contributed by atoms with Gasteiger partial charge in [0.15, 0.2) is 0 Å². The lowest BCUT2D eigenvalue weighted by Gasteiger charge is -2.15. The van der Waals surface area contributed by atoms with Crippen LogP contribution in [-0.4, -0.2) is 43.1 Å². The molecule has 10 heteroatoms. The van der Waals surface area contributed by atoms with Crippen LogP contribution < -0.4 is 21.8 Å². The first kappa shape index (κ1) is 31.2. The van der Waals surface area contributed by atoms with Gasteiger partial charge in [0.2, 0.25) is 0 Å². The number of nitrogens with zero attached hydrogens (tertiary/aromatic N) is 4. The van der Waals surface area contributed by atoms with Crippen molar-refractivity contribution in [1.82, 2.24) is 28.6 Å². The van der Waals surface area contributed by atoms with Crippen molar-refractivity contribution in [3.63, 3.8) is 0 Å². The minimum Gasteiger partial charge on any atom is -0.317 e. The normalized spacial score (nSPS) is 18.1. The highest BCUT2D eigenvalue weighted by Crippen LogP contribution is 2.42. The Kier molecular flexibility index (Phi) is 8.08. The summed E-state index contributed by atoms with van der Waals surface area (Å²) in [6.45, 7) is 7.29. The second-order valence-corrected chi connectivity index (χ2v) is 14.1. The fourth-order valence-electron chi connectivity index (χ4n) is 7.59. The van der Waals surface area contributed by atoms with Crippen LogP contribution in [-0.2, 0) is 13.1 Å². The summed E-state index contributed by atoms with van der Waals surface area (Å²) < 4.78 is 7.56. The van der Waals surface area contributed by atoms with Crippen molar-refractivity contribution in [3.05, 3.63) is 115 Å². The van der Waals surface area contributed by atoms with Crippen LogP contribution in [0.3, 0.4) is 0 Å². The fourth-order valence-corrected chi connectivity index (χ4v) is 8.27. The van der Waals surface area contributed by atoms with Crippen molar-refractivity contribution in [2.75, 3.05) is 13.1 Å². The van der Waals surface area contributed by atoms with E-state index in [4.69, 9.17) is 23.2 Å². The van der Waals surface area contributed by atoms with Crippen molar-refractivity contribution in [2.45, 2.75) is 64.7 Å². The van der Waals surface area contributed by atoms with E-state index in [9.17, 15) is 9.59 Å². The van der Waals surface area contributed by atoms with Gasteiger partial charge in [0.05, 0.1) is 10.0 Å². The van der Waals surface area contributed by atoms with Crippen LogP contribution in [0, 0.1) is 13.8 Å². The van der Waals surface area contributed by atoms with Crippen LogP contribution in [0.5, 0.6) is 0 Å². The second kappa shape index (κ2) is 12.4. The molecule has 0 amide bonds. The molecule has 6 heterocycles. The molecule has 0 aliphatic carbocycles. The number of aromatic nitrogens is 4. The molecule has 8 nitrogen and oxygen atoms in total. The van der Waals surface area contributed by atoms with Crippen molar-refractivity contribution in [2.24, 2.45) is 0 Å². The largest absolute Gasteiger partial charge is 0.317 e. The van der Waals surface area contributed by atoms with Gasteiger partial charge in [0.25, 0.3) is 11.1 Å². The van der Waals surface area contributed by atoms with E-state index < -0.39 is 0 Å². The predicted molar refractivity (Wildman–Crippen MR) is 195 cm³/mol. The summed E-state index contributed by atoms with van der Waals surface area (Å²) >= 11 is 14.3. The van der Waals surface area contributed by atoms with Gasteiger partial charge in [-0.05, 0) is 64.8 Å². The first-order valence-corrected chi connectivity index (χ1v) is 17.5. The average molecular weight is 682 g/mol. The van der Waals surface area contributed by atoms with E-state index in [1.54, 1.807) is 0 Å². The molecule has 0 radical (unpaired) electrons. The van der Waals surface area contributed by atoms with Crippen molar-refractivity contribution >= 4 is 34.2 Å². The van der Waals surface area contributed by atoms with E-state index in [1.807, 2.05) is 105 Å². The molecule has 2 N–H and O–H groups in total. The summed E-state index contributed by atoms with van der Waals surface area (Å²) in [5, 5.41) is 8.11. The maximum atomic E-state index is 13.6. The molecule has 6 aromatic rings. The Morgan fingerprint density at radius 2 is 1.06 bits per heavy atom. The first-order chi connectivity index (χ1) is 23.3. The summed E-state index contributed by atoms with van der Waals surface area (Å²) in [4.78, 5) is 27.2. The maximum absolute atomic E-state index is 13.6. The SMILES string of the molecule is Cc1cn2cc(-c3cccc(-c4cccc(-c5cc6c(=O)n(CC7CCCN7)c(C)cn6c5)c4Cl)c3Cl)cc2c(=O)n1CC1CCCN1. The van der Waals surface area contributed by atoms with Gasteiger partial charge in [0.1, 0.15) is 11.0 Å². The van der Waals surface area contributed by atoms with Crippen LogP contribution in [0.15, 0.2) is 82.9 Å². The maximum Gasteiger partial charge on any atom is 0.275 e.